The fourth-order valence-corrected chi connectivity index (χ4v) is 1.45. The minimum Gasteiger partial charge on any atom is -0.466 e. The first kappa shape index (κ1) is 13.8. The van der Waals surface area contributed by atoms with E-state index < -0.39 is 17.4 Å². The topological polar surface area (TPSA) is 118 Å². The summed E-state index contributed by atoms with van der Waals surface area (Å²) in [5, 5.41) is 18.1. The largest absolute Gasteiger partial charge is 0.466 e. The molecule has 0 aliphatic heterocycles. The van der Waals surface area contributed by atoms with Crippen LogP contribution in [0, 0.1) is 0 Å². The highest BCUT2D eigenvalue weighted by Crippen LogP contribution is 2.19. The average Bonchev–Trinajstić information content (AvgIpc) is 3.08. The maximum absolute atomic E-state index is 11.6. The third-order valence-corrected chi connectivity index (χ3v) is 2.53. The van der Waals surface area contributed by atoms with Gasteiger partial charge in [-0.1, -0.05) is 5.16 Å². The molecule has 2 heterocycles. The Balaban J connectivity index is 1.87. The first-order valence-electron chi connectivity index (χ1n) is 5.75. The van der Waals surface area contributed by atoms with Crippen molar-refractivity contribution in [2.24, 2.45) is 0 Å². The second-order valence-corrected chi connectivity index (χ2v) is 4.27. The zero-order valence-corrected chi connectivity index (χ0v) is 10.6. The molecule has 20 heavy (non-hydrogen) atoms. The number of anilines is 1. The summed E-state index contributed by atoms with van der Waals surface area (Å²) < 4.78 is 9.56. The highest BCUT2D eigenvalue weighted by Gasteiger charge is 2.28. The van der Waals surface area contributed by atoms with Gasteiger partial charge in [0.15, 0.2) is 5.82 Å². The third-order valence-electron chi connectivity index (χ3n) is 2.53. The lowest BCUT2D eigenvalue weighted by molar-refractivity contribution is -0.136. The molecule has 1 unspecified atom stereocenters. The van der Waals surface area contributed by atoms with Gasteiger partial charge in [-0.2, -0.15) is 0 Å². The summed E-state index contributed by atoms with van der Waals surface area (Å²) in [6.45, 7) is 1.28. The monoisotopic (exact) mass is 279 g/mol. The summed E-state index contributed by atoms with van der Waals surface area (Å²) in [6.07, 6.45) is 2.66. The second-order valence-electron chi connectivity index (χ2n) is 4.27. The number of nitrogens with one attached hydrogen (secondary N) is 2. The van der Waals surface area contributed by atoms with Gasteiger partial charge in [0.25, 0.3) is 0 Å². The highest BCUT2D eigenvalue weighted by molar-refractivity contribution is 6.39. The quantitative estimate of drug-likeness (QED) is 0.689. The summed E-state index contributed by atoms with van der Waals surface area (Å²) in [6, 6.07) is 4.58. The van der Waals surface area contributed by atoms with Crippen molar-refractivity contribution in [2.45, 2.75) is 12.5 Å². The van der Waals surface area contributed by atoms with Gasteiger partial charge in [0.05, 0.1) is 12.8 Å². The van der Waals surface area contributed by atoms with Crippen LogP contribution in [0.3, 0.4) is 0 Å². The highest BCUT2D eigenvalue weighted by atomic mass is 16.5. The van der Waals surface area contributed by atoms with E-state index in [9.17, 15) is 14.7 Å². The van der Waals surface area contributed by atoms with Crippen LogP contribution in [0.2, 0.25) is 0 Å². The fourth-order valence-electron chi connectivity index (χ4n) is 1.45. The lowest BCUT2D eigenvalue weighted by atomic mass is 10.0. The Morgan fingerprint density at radius 1 is 1.35 bits per heavy atom. The molecule has 0 aliphatic carbocycles. The minimum atomic E-state index is -1.41. The van der Waals surface area contributed by atoms with Crippen LogP contribution < -0.4 is 10.6 Å². The van der Waals surface area contributed by atoms with Crippen LogP contribution in [0.4, 0.5) is 5.82 Å². The zero-order valence-electron chi connectivity index (χ0n) is 10.6. The van der Waals surface area contributed by atoms with Gasteiger partial charge < -0.3 is 19.4 Å². The van der Waals surface area contributed by atoms with Crippen molar-refractivity contribution >= 4 is 17.6 Å². The molecule has 0 saturated heterocycles. The van der Waals surface area contributed by atoms with Gasteiger partial charge in [-0.25, -0.2) is 0 Å². The van der Waals surface area contributed by atoms with Gasteiger partial charge >= 0.3 is 11.8 Å². The van der Waals surface area contributed by atoms with Crippen molar-refractivity contribution < 1.29 is 23.6 Å². The van der Waals surface area contributed by atoms with Crippen molar-refractivity contribution in [1.82, 2.24) is 10.5 Å². The van der Waals surface area contributed by atoms with E-state index in [1.54, 1.807) is 12.1 Å². The molecule has 0 saturated carbocycles. The molecule has 0 bridgehead atoms. The zero-order chi connectivity index (χ0) is 14.6. The second kappa shape index (κ2) is 5.57. The van der Waals surface area contributed by atoms with Crippen molar-refractivity contribution in [3.63, 3.8) is 0 Å². The van der Waals surface area contributed by atoms with Crippen molar-refractivity contribution in [1.29, 1.82) is 0 Å². The molecule has 0 spiro atoms. The number of aromatic nitrogens is 1. The van der Waals surface area contributed by atoms with Crippen LogP contribution in [-0.2, 0) is 15.2 Å². The number of carbonyl (C=O) groups excluding carboxylic acids is 2. The van der Waals surface area contributed by atoms with Crippen LogP contribution >= 0.6 is 0 Å². The van der Waals surface area contributed by atoms with Crippen LogP contribution in [0.15, 0.2) is 39.7 Å². The van der Waals surface area contributed by atoms with E-state index >= 15 is 0 Å². The molecular formula is C12H13N3O5. The maximum Gasteiger partial charge on any atom is 0.314 e. The van der Waals surface area contributed by atoms with Crippen LogP contribution in [0.1, 0.15) is 12.7 Å². The molecule has 8 nitrogen and oxygen atoms in total. The smallest absolute Gasteiger partial charge is 0.314 e. The van der Waals surface area contributed by atoms with E-state index in [4.69, 9.17) is 4.42 Å². The number of amides is 2. The Kier molecular flexibility index (Phi) is 3.85. The molecule has 0 fully saturated rings. The standard InChI is InChI=1S/C12H13N3O5/c1-12(18,8-3-2-5-19-8)7-13-10(16)11(17)14-9-4-6-20-15-9/h2-6,18H,7H2,1H3,(H,13,16)(H,14,15,17). The average molecular weight is 279 g/mol. The number of nitrogens with zero attached hydrogens (tertiary/aromatic N) is 1. The molecular weight excluding hydrogens is 266 g/mol. The first-order chi connectivity index (χ1) is 9.49. The number of hydrogen-bond donors (Lipinski definition) is 3. The van der Waals surface area contributed by atoms with Gasteiger partial charge in [-0.3, -0.25) is 14.9 Å². The lowest BCUT2D eigenvalue weighted by Gasteiger charge is -2.20. The minimum absolute atomic E-state index is 0.128. The lowest BCUT2D eigenvalue weighted by Crippen LogP contribution is -2.43. The number of carbonyl (C=O) groups is 2. The molecule has 2 rings (SSSR count). The molecule has 2 aromatic rings. The van der Waals surface area contributed by atoms with E-state index in [-0.39, 0.29) is 18.1 Å². The molecule has 2 aromatic heterocycles. The Morgan fingerprint density at radius 2 is 2.15 bits per heavy atom. The number of hydrogen-bond acceptors (Lipinski definition) is 6. The van der Waals surface area contributed by atoms with E-state index in [2.05, 4.69) is 20.3 Å². The summed E-state index contributed by atoms with van der Waals surface area (Å²) in [4.78, 5) is 23.1. The van der Waals surface area contributed by atoms with E-state index in [0.717, 1.165) is 0 Å². The van der Waals surface area contributed by atoms with Crippen LogP contribution in [-0.4, -0.2) is 28.6 Å². The molecule has 0 radical (unpaired) electrons. The first-order valence-corrected chi connectivity index (χ1v) is 5.75. The summed E-state index contributed by atoms with van der Waals surface area (Å²) in [5.41, 5.74) is -1.41. The molecule has 0 aliphatic rings. The van der Waals surface area contributed by atoms with Crippen LogP contribution in [0.5, 0.6) is 0 Å². The van der Waals surface area contributed by atoms with Crippen LogP contribution in [0.25, 0.3) is 0 Å². The third kappa shape index (κ3) is 3.23. The normalized spacial score (nSPS) is 13.5. The Morgan fingerprint density at radius 3 is 2.75 bits per heavy atom. The molecule has 1 atom stereocenters. The van der Waals surface area contributed by atoms with E-state index in [0.29, 0.717) is 0 Å². The molecule has 2 amide bonds. The van der Waals surface area contributed by atoms with E-state index in [1.807, 2.05) is 0 Å². The van der Waals surface area contributed by atoms with Gasteiger partial charge in [-0.05, 0) is 19.1 Å². The Hall–Kier alpha value is -2.61. The van der Waals surface area contributed by atoms with Gasteiger partial charge in [-0.15, -0.1) is 0 Å². The summed E-state index contributed by atoms with van der Waals surface area (Å²) in [5.74, 6) is -1.40. The maximum atomic E-state index is 11.6. The number of rotatable bonds is 4. The van der Waals surface area contributed by atoms with Gasteiger partial charge in [0, 0.05) is 6.07 Å². The summed E-state index contributed by atoms with van der Waals surface area (Å²) in [7, 11) is 0. The predicted octanol–water partition coefficient (Wildman–Crippen LogP) is 0.230. The van der Waals surface area contributed by atoms with Gasteiger partial charge in [0.2, 0.25) is 0 Å². The van der Waals surface area contributed by atoms with Gasteiger partial charge in [0.1, 0.15) is 17.6 Å². The van der Waals surface area contributed by atoms with Crippen molar-refractivity contribution in [2.75, 3.05) is 11.9 Å². The molecule has 0 aromatic carbocycles. The van der Waals surface area contributed by atoms with Crippen molar-refractivity contribution in [3.05, 3.63) is 36.5 Å². The van der Waals surface area contributed by atoms with Crippen molar-refractivity contribution in [3.8, 4) is 0 Å². The fraction of sp³-hybridized carbons (Fsp3) is 0.250. The SMILES string of the molecule is CC(O)(CNC(=O)C(=O)Nc1ccon1)c1ccco1. The number of furan rings is 1. The summed E-state index contributed by atoms with van der Waals surface area (Å²) >= 11 is 0. The molecule has 106 valence electrons. The number of aliphatic hydroxyl groups is 1. The molecule has 8 heteroatoms. The predicted molar refractivity (Wildman–Crippen MR) is 66.4 cm³/mol. The molecule has 3 N–H and O–H groups in total. The Labute approximate surface area is 113 Å². The Bertz CT molecular complexity index is 574. The van der Waals surface area contributed by atoms with E-state index in [1.165, 1.54) is 25.5 Å².